The zero-order valence-electron chi connectivity index (χ0n) is 6.21. The molecule has 0 aromatic heterocycles. The fourth-order valence-electron chi connectivity index (χ4n) is 0.856. The van der Waals surface area contributed by atoms with Crippen molar-refractivity contribution in [3.8, 4) is 0 Å². The summed E-state index contributed by atoms with van der Waals surface area (Å²) in [5, 5.41) is 0. The molecule has 0 bridgehead atoms. The maximum atomic E-state index is 2.27. The van der Waals surface area contributed by atoms with Crippen LogP contribution in [0.4, 0.5) is 0 Å². The predicted molar refractivity (Wildman–Crippen MR) is 36.7 cm³/mol. The van der Waals surface area contributed by atoms with Crippen LogP contribution in [0, 0.1) is 0 Å². The summed E-state index contributed by atoms with van der Waals surface area (Å²) in [6, 6.07) is 0. The summed E-state index contributed by atoms with van der Waals surface area (Å²) in [4.78, 5) is 0. The van der Waals surface area contributed by atoms with Gasteiger partial charge in [-0.15, -0.1) is 0 Å². The molecule has 1 aliphatic rings. The standard InChI is InChI=1S/C8H12.2ClH.Pd/c1-2-4-6-8-7-5-3-1;;;/h1-2,7-8H,3-6H2;2*1H;/q;;;+2/p-2. The second-order valence-corrected chi connectivity index (χ2v) is 2.10. The van der Waals surface area contributed by atoms with Gasteiger partial charge in [0.05, 0.1) is 0 Å². The van der Waals surface area contributed by atoms with Crippen LogP contribution in [-0.4, -0.2) is 0 Å². The molecule has 0 unspecified atom stereocenters. The minimum Gasteiger partial charge on any atom is -1.00 e. The van der Waals surface area contributed by atoms with Crippen molar-refractivity contribution in [2.75, 3.05) is 0 Å². The number of halogens is 2. The van der Waals surface area contributed by atoms with Crippen molar-refractivity contribution in [1.82, 2.24) is 0 Å². The molecule has 0 amide bonds. The smallest absolute Gasteiger partial charge is 1.00 e. The molecule has 0 saturated heterocycles. The normalized spacial score (nSPS) is 14.5. The first-order valence-corrected chi connectivity index (χ1v) is 3.30. The van der Waals surface area contributed by atoms with Crippen LogP contribution in [0.5, 0.6) is 0 Å². The van der Waals surface area contributed by atoms with E-state index in [2.05, 4.69) is 24.3 Å². The molecule has 0 fully saturated rings. The maximum absolute atomic E-state index is 2.27. The summed E-state index contributed by atoms with van der Waals surface area (Å²) >= 11 is 0. The van der Waals surface area contributed by atoms with E-state index in [0.29, 0.717) is 0 Å². The fourth-order valence-corrected chi connectivity index (χ4v) is 0.856. The van der Waals surface area contributed by atoms with E-state index in [1.807, 2.05) is 0 Å². The van der Waals surface area contributed by atoms with E-state index in [9.17, 15) is 0 Å². The first-order chi connectivity index (χ1) is 4.00. The summed E-state index contributed by atoms with van der Waals surface area (Å²) in [6.45, 7) is 0. The molecular weight excluding hydrogens is 273 g/mol. The summed E-state index contributed by atoms with van der Waals surface area (Å²) in [6.07, 6.45) is 14.0. The minimum atomic E-state index is 0. The number of rotatable bonds is 0. The van der Waals surface area contributed by atoms with Crippen LogP contribution in [0.15, 0.2) is 24.3 Å². The zero-order valence-corrected chi connectivity index (χ0v) is 9.28. The largest absolute Gasteiger partial charge is 2.00 e. The zero-order chi connectivity index (χ0) is 5.66. The van der Waals surface area contributed by atoms with Gasteiger partial charge in [0, 0.05) is 0 Å². The average molecular weight is 286 g/mol. The van der Waals surface area contributed by atoms with Crippen molar-refractivity contribution in [2.45, 2.75) is 25.7 Å². The molecule has 68 valence electrons. The molecule has 0 N–H and O–H groups in total. The van der Waals surface area contributed by atoms with Crippen LogP contribution < -0.4 is 24.8 Å². The first kappa shape index (κ1) is 17.7. The monoisotopic (exact) mass is 284 g/mol. The number of hydrogen-bond acceptors (Lipinski definition) is 0. The van der Waals surface area contributed by atoms with Crippen LogP contribution in [0.1, 0.15) is 25.7 Å². The molecule has 0 heterocycles. The quantitative estimate of drug-likeness (QED) is 0.323. The third kappa shape index (κ3) is 10.7. The topological polar surface area (TPSA) is 0 Å². The van der Waals surface area contributed by atoms with Crippen LogP contribution in [0.25, 0.3) is 0 Å². The van der Waals surface area contributed by atoms with Gasteiger partial charge in [0.25, 0.3) is 0 Å². The Morgan fingerprint density at radius 3 is 0.909 bits per heavy atom. The van der Waals surface area contributed by atoms with Crippen LogP contribution in [-0.2, 0) is 20.4 Å². The van der Waals surface area contributed by atoms with E-state index in [0.717, 1.165) is 0 Å². The molecule has 11 heavy (non-hydrogen) atoms. The third-order valence-electron chi connectivity index (χ3n) is 1.33. The van der Waals surface area contributed by atoms with Crippen molar-refractivity contribution < 1.29 is 45.2 Å². The predicted octanol–water partition coefficient (Wildman–Crippen LogP) is -3.32. The Morgan fingerprint density at radius 1 is 0.545 bits per heavy atom. The van der Waals surface area contributed by atoms with Crippen molar-refractivity contribution in [1.29, 1.82) is 0 Å². The van der Waals surface area contributed by atoms with Crippen molar-refractivity contribution in [3.63, 3.8) is 0 Å². The van der Waals surface area contributed by atoms with Gasteiger partial charge in [-0.05, 0) is 25.7 Å². The molecule has 0 spiro atoms. The van der Waals surface area contributed by atoms with Gasteiger partial charge in [0.2, 0.25) is 0 Å². The Balaban J connectivity index is -0.000000213. The first-order valence-electron chi connectivity index (χ1n) is 3.30. The van der Waals surface area contributed by atoms with Crippen molar-refractivity contribution in [3.05, 3.63) is 24.3 Å². The van der Waals surface area contributed by atoms with Crippen LogP contribution in [0.2, 0.25) is 0 Å². The Kier molecular flexibility index (Phi) is 21.5. The molecule has 0 aliphatic heterocycles. The van der Waals surface area contributed by atoms with Gasteiger partial charge in [-0.25, -0.2) is 0 Å². The molecule has 0 saturated carbocycles. The molecule has 0 atom stereocenters. The molecule has 3 heteroatoms. The Morgan fingerprint density at radius 2 is 0.727 bits per heavy atom. The molecule has 1 rings (SSSR count). The number of allylic oxidation sites excluding steroid dienone is 4. The molecular formula is C8H12Cl2Pd. The Labute approximate surface area is 95.0 Å². The SMILES string of the molecule is C1=CCCC=CCC1.[Cl-].[Cl-].[Pd+2]. The van der Waals surface area contributed by atoms with E-state index >= 15 is 0 Å². The van der Waals surface area contributed by atoms with E-state index in [4.69, 9.17) is 0 Å². The van der Waals surface area contributed by atoms with Crippen molar-refractivity contribution in [2.24, 2.45) is 0 Å². The van der Waals surface area contributed by atoms with Gasteiger partial charge >= 0.3 is 20.4 Å². The molecule has 0 nitrogen and oxygen atoms in total. The average Bonchev–Trinajstić information content (AvgIpc) is 1.62. The van der Waals surface area contributed by atoms with Crippen molar-refractivity contribution >= 4 is 0 Å². The summed E-state index contributed by atoms with van der Waals surface area (Å²) in [7, 11) is 0. The van der Waals surface area contributed by atoms with Gasteiger partial charge in [-0.1, -0.05) is 24.3 Å². The second kappa shape index (κ2) is 13.3. The molecule has 0 aromatic rings. The summed E-state index contributed by atoms with van der Waals surface area (Å²) in [5.74, 6) is 0. The van der Waals surface area contributed by atoms with Gasteiger partial charge < -0.3 is 24.8 Å². The van der Waals surface area contributed by atoms with E-state index in [-0.39, 0.29) is 45.2 Å². The van der Waals surface area contributed by atoms with E-state index in [1.165, 1.54) is 25.7 Å². The van der Waals surface area contributed by atoms with E-state index in [1.54, 1.807) is 0 Å². The van der Waals surface area contributed by atoms with Gasteiger partial charge in [-0.2, -0.15) is 0 Å². The van der Waals surface area contributed by atoms with Gasteiger partial charge in [0.1, 0.15) is 0 Å². The maximum Gasteiger partial charge on any atom is 2.00 e. The summed E-state index contributed by atoms with van der Waals surface area (Å²) in [5.41, 5.74) is 0. The molecule has 0 radical (unpaired) electrons. The molecule has 1 aliphatic carbocycles. The van der Waals surface area contributed by atoms with Gasteiger partial charge in [-0.3, -0.25) is 0 Å². The van der Waals surface area contributed by atoms with E-state index < -0.39 is 0 Å². The second-order valence-electron chi connectivity index (χ2n) is 2.10. The Bertz CT molecular complexity index is 84.7. The Hall–Kier alpha value is 0.722. The third-order valence-corrected chi connectivity index (χ3v) is 1.33. The van der Waals surface area contributed by atoms with Gasteiger partial charge in [0.15, 0.2) is 0 Å². The molecule has 0 aromatic carbocycles. The minimum absolute atomic E-state index is 0. The fraction of sp³-hybridized carbons (Fsp3) is 0.500. The number of hydrogen-bond donors (Lipinski definition) is 0. The van der Waals surface area contributed by atoms with Crippen LogP contribution >= 0.6 is 0 Å². The van der Waals surface area contributed by atoms with Crippen LogP contribution in [0.3, 0.4) is 0 Å². The summed E-state index contributed by atoms with van der Waals surface area (Å²) < 4.78 is 0.